The smallest absolute Gasteiger partial charge is 0.166 e. The molecule has 0 aliphatic rings. The van der Waals surface area contributed by atoms with Gasteiger partial charge in [0, 0.05) is 6.42 Å². The van der Waals surface area contributed by atoms with Crippen LogP contribution >= 0.6 is 0 Å². The summed E-state index contributed by atoms with van der Waals surface area (Å²) < 4.78 is 13.7. The first-order valence-corrected chi connectivity index (χ1v) is 6.87. The molecule has 1 atom stereocenters. The fraction of sp³-hybridized carbons (Fsp3) is 0.562. The number of halogens is 1. The third-order valence-electron chi connectivity index (χ3n) is 3.44. The van der Waals surface area contributed by atoms with Crippen LogP contribution in [0.15, 0.2) is 18.2 Å². The minimum Gasteiger partial charge on any atom is -0.294 e. The third kappa shape index (κ3) is 4.25. The summed E-state index contributed by atoms with van der Waals surface area (Å²) in [7, 11) is 0. The van der Waals surface area contributed by atoms with Crippen LogP contribution in [0.5, 0.6) is 0 Å². The molecule has 0 aliphatic carbocycles. The molecule has 1 aromatic carbocycles. The van der Waals surface area contributed by atoms with Crippen molar-refractivity contribution in [3.63, 3.8) is 0 Å². The van der Waals surface area contributed by atoms with Gasteiger partial charge in [-0.3, -0.25) is 4.79 Å². The minimum absolute atomic E-state index is 0.0598. The Morgan fingerprint density at radius 2 is 2.06 bits per heavy atom. The molecular weight excluding hydrogens is 227 g/mol. The molecule has 0 amide bonds. The highest BCUT2D eigenvalue weighted by molar-refractivity contribution is 5.96. The molecular formula is C16H23FO. The SMILES string of the molecule is CCCCC(CC)CC(=O)c1ccc(C)cc1F. The number of aryl methyl sites for hydroxylation is 1. The first-order valence-electron chi connectivity index (χ1n) is 6.87. The van der Waals surface area contributed by atoms with Crippen LogP contribution < -0.4 is 0 Å². The van der Waals surface area contributed by atoms with Crippen molar-refractivity contribution in [3.05, 3.63) is 35.1 Å². The summed E-state index contributed by atoms with van der Waals surface area (Å²) in [6.07, 6.45) is 4.80. The van der Waals surface area contributed by atoms with Gasteiger partial charge >= 0.3 is 0 Å². The van der Waals surface area contributed by atoms with Gasteiger partial charge in [-0.15, -0.1) is 0 Å². The number of ketones is 1. The predicted octanol–water partition coefficient (Wildman–Crippen LogP) is 4.92. The van der Waals surface area contributed by atoms with Crippen molar-refractivity contribution in [1.29, 1.82) is 0 Å². The van der Waals surface area contributed by atoms with E-state index in [2.05, 4.69) is 13.8 Å². The Morgan fingerprint density at radius 1 is 1.33 bits per heavy atom. The molecule has 0 N–H and O–H groups in total. The van der Waals surface area contributed by atoms with Crippen molar-refractivity contribution in [2.45, 2.75) is 52.9 Å². The van der Waals surface area contributed by atoms with E-state index in [9.17, 15) is 9.18 Å². The van der Waals surface area contributed by atoms with E-state index in [0.717, 1.165) is 31.2 Å². The van der Waals surface area contributed by atoms with Gasteiger partial charge in [-0.05, 0) is 30.5 Å². The maximum atomic E-state index is 13.7. The Hall–Kier alpha value is -1.18. The van der Waals surface area contributed by atoms with E-state index in [1.165, 1.54) is 6.07 Å². The highest BCUT2D eigenvalue weighted by Gasteiger charge is 2.16. The summed E-state index contributed by atoms with van der Waals surface area (Å²) in [6.45, 7) is 6.07. The molecule has 0 radical (unpaired) electrons. The Labute approximate surface area is 109 Å². The fourth-order valence-corrected chi connectivity index (χ4v) is 2.16. The summed E-state index contributed by atoms with van der Waals surface area (Å²) in [6, 6.07) is 4.84. The second kappa shape index (κ2) is 7.30. The zero-order valence-electron chi connectivity index (χ0n) is 11.6. The van der Waals surface area contributed by atoms with Gasteiger partial charge in [0.25, 0.3) is 0 Å². The lowest BCUT2D eigenvalue weighted by Gasteiger charge is -2.13. The normalized spacial score (nSPS) is 12.4. The largest absolute Gasteiger partial charge is 0.294 e. The van der Waals surface area contributed by atoms with Crippen molar-refractivity contribution in [2.24, 2.45) is 5.92 Å². The zero-order valence-corrected chi connectivity index (χ0v) is 11.6. The van der Waals surface area contributed by atoms with Crippen LogP contribution in [-0.2, 0) is 0 Å². The van der Waals surface area contributed by atoms with E-state index in [1.807, 2.05) is 6.92 Å². The number of carbonyl (C=O) groups excluding carboxylic acids is 1. The molecule has 1 aromatic rings. The summed E-state index contributed by atoms with van der Waals surface area (Å²) in [5.41, 5.74) is 1.10. The number of Topliss-reactive ketones (excluding diaryl/α,β-unsaturated/α-hetero) is 1. The lowest BCUT2D eigenvalue weighted by molar-refractivity contribution is 0.0953. The van der Waals surface area contributed by atoms with E-state index in [-0.39, 0.29) is 17.2 Å². The lowest BCUT2D eigenvalue weighted by Crippen LogP contribution is -2.10. The standard InChI is InChI=1S/C16H23FO/c1-4-6-7-13(5-2)11-16(18)14-9-8-12(3)10-15(14)17/h8-10,13H,4-7,11H2,1-3H3. The van der Waals surface area contributed by atoms with Gasteiger partial charge in [0.1, 0.15) is 5.82 Å². The summed E-state index contributed by atoms with van der Waals surface area (Å²) in [4.78, 5) is 12.1. The molecule has 1 rings (SSSR count). The summed E-state index contributed by atoms with van der Waals surface area (Å²) in [5, 5.41) is 0. The van der Waals surface area contributed by atoms with Crippen molar-refractivity contribution in [3.8, 4) is 0 Å². The van der Waals surface area contributed by atoms with Crippen molar-refractivity contribution >= 4 is 5.78 Å². The van der Waals surface area contributed by atoms with E-state index in [0.29, 0.717) is 12.3 Å². The molecule has 0 saturated carbocycles. The molecule has 0 aliphatic heterocycles. The lowest BCUT2D eigenvalue weighted by atomic mass is 9.91. The van der Waals surface area contributed by atoms with E-state index in [4.69, 9.17) is 0 Å². The molecule has 1 nitrogen and oxygen atoms in total. The zero-order chi connectivity index (χ0) is 13.5. The van der Waals surface area contributed by atoms with Crippen molar-refractivity contribution in [2.75, 3.05) is 0 Å². The molecule has 2 heteroatoms. The molecule has 1 unspecified atom stereocenters. The first kappa shape index (κ1) is 14.9. The molecule has 0 heterocycles. The van der Waals surface area contributed by atoms with Crippen LogP contribution in [0, 0.1) is 18.7 Å². The molecule has 0 spiro atoms. The van der Waals surface area contributed by atoms with Crippen LogP contribution in [0.4, 0.5) is 4.39 Å². The van der Waals surface area contributed by atoms with E-state index in [1.54, 1.807) is 12.1 Å². The molecule has 0 saturated heterocycles. The molecule has 0 bridgehead atoms. The van der Waals surface area contributed by atoms with E-state index >= 15 is 0 Å². The number of hydrogen-bond acceptors (Lipinski definition) is 1. The van der Waals surface area contributed by atoms with Crippen LogP contribution in [0.1, 0.15) is 61.9 Å². The average molecular weight is 250 g/mol. The van der Waals surface area contributed by atoms with Gasteiger partial charge in [-0.1, -0.05) is 45.6 Å². The number of unbranched alkanes of at least 4 members (excludes halogenated alkanes) is 1. The number of carbonyl (C=O) groups is 1. The summed E-state index contributed by atoms with van der Waals surface area (Å²) >= 11 is 0. The Morgan fingerprint density at radius 3 is 2.61 bits per heavy atom. The fourth-order valence-electron chi connectivity index (χ4n) is 2.16. The van der Waals surface area contributed by atoms with Crippen molar-refractivity contribution in [1.82, 2.24) is 0 Å². The number of rotatable bonds is 7. The Kier molecular flexibility index (Phi) is 6.03. The van der Waals surface area contributed by atoms with Crippen molar-refractivity contribution < 1.29 is 9.18 Å². The van der Waals surface area contributed by atoms with Crippen LogP contribution in [0.25, 0.3) is 0 Å². The molecule has 18 heavy (non-hydrogen) atoms. The van der Waals surface area contributed by atoms with Crippen LogP contribution in [0.2, 0.25) is 0 Å². The first-order chi connectivity index (χ1) is 8.58. The molecule has 0 fully saturated rings. The molecule has 100 valence electrons. The summed E-state index contributed by atoms with van der Waals surface area (Å²) in [5.74, 6) is -0.0565. The maximum Gasteiger partial charge on any atom is 0.166 e. The second-order valence-corrected chi connectivity index (χ2v) is 5.03. The number of benzene rings is 1. The highest BCUT2D eigenvalue weighted by atomic mass is 19.1. The average Bonchev–Trinajstić information content (AvgIpc) is 2.34. The Balaban J connectivity index is 2.68. The van der Waals surface area contributed by atoms with Gasteiger partial charge in [0.2, 0.25) is 0 Å². The van der Waals surface area contributed by atoms with E-state index < -0.39 is 0 Å². The second-order valence-electron chi connectivity index (χ2n) is 5.03. The van der Waals surface area contributed by atoms with Crippen LogP contribution in [0.3, 0.4) is 0 Å². The third-order valence-corrected chi connectivity index (χ3v) is 3.44. The predicted molar refractivity (Wildman–Crippen MR) is 73.4 cm³/mol. The quantitative estimate of drug-likeness (QED) is 0.627. The Bertz CT molecular complexity index is 398. The minimum atomic E-state index is -0.384. The number of hydrogen-bond donors (Lipinski definition) is 0. The molecule has 0 aromatic heterocycles. The van der Waals surface area contributed by atoms with Gasteiger partial charge < -0.3 is 0 Å². The topological polar surface area (TPSA) is 17.1 Å². The van der Waals surface area contributed by atoms with Crippen LogP contribution in [-0.4, -0.2) is 5.78 Å². The van der Waals surface area contributed by atoms with Gasteiger partial charge in [-0.25, -0.2) is 4.39 Å². The maximum absolute atomic E-state index is 13.7. The monoisotopic (exact) mass is 250 g/mol. The highest BCUT2D eigenvalue weighted by Crippen LogP contribution is 2.21. The van der Waals surface area contributed by atoms with Gasteiger partial charge in [-0.2, -0.15) is 0 Å². The van der Waals surface area contributed by atoms with Gasteiger partial charge in [0.05, 0.1) is 5.56 Å². The van der Waals surface area contributed by atoms with Gasteiger partial charge in [0.15, 0.2) is 5.78 Å².